The number of hydrogen-bond donors (Lipinski definition) is 1. The van der Waals surface area contributed by atoms with Crippen LogP contribution in [0.1, 0.15) is 41.0 Å². The molecule has 3 rings (SSSR count). The summed E-state index contributed by atoms with van der Waals surface area (Å²) in [7, 11) is 1.11. The highest BCUT2D eigenvalue weighted by Crippen LogP contribution is 2.43. The summed E-state index contributed by atoms with van der Waals surface area (Å²) in [6.45, 7) is -1.14. The summed E-state index contributed by atoms with van der Waals surface area (Å²) in [6.07, 6.45) is -3.19. The topological polar surface area (TPSA) is 103 Å². The summed E-state index contributed by atoms with van der Waals surface area (Å²) >= 11 is 0. The third-order valence-corrected chi connectivity index (χ3v) is 5.12. The summed E-state index contributed by atoms with van der Waals surface area (Å²) in [6, 6.07) is 1.52. The van der Waals surface area contributed by atoms with Gasteiger partial charge >= 0.3 is 12.1 Å². The monoisotopic (exact) mass is 413 g/mol. The van der Waals surface area contributed by atoms with E-state index in [-0.39, 0.29) is 28.9 Å². The molecule has 1 aromatic rings. The van der Waals surface area contributed by atoms with E-state index in [0.717, 1.165) is 13.2 Å². The fourth-order valence-electron chi connectivity index (χ4n) is 3.63. The van der Waals surface area contributed by atoms with Gasteiger partial charge in [-0.05, 0) is 31.4 Å². The lowest BCUT2D eigenvalue weighted by atomic mass is 9.83. The molecule has 0 aromatic carbocycles. The van der Waals surface area contributed by atoms with Crippen molar-refractivity contribution in [2.75, 3.05) is 13.7 Å². The molecule has 0 aliphatic heterocycles. The molecule has 0 spiro atoms. The Morgan fingerprint density at radius 3 is 2.59 bits per heavy atom. The molecule has 2 aliphatic rings. The molecular weight excluding hydrogens is 395 g/mol. The zero-order valence-electron chi connectivity index (χ0n) is 15.4. The molecule has 29 heavy (non-hydrogen) atoms. The summed E-state index contributed by atoms with van der Waals surface area (Å²) in [4.78, 5) is 40.1. The number of carbonyl (C=O) groups excluding carboxylic acids is 3. The number of Topliss-reactive ketones (excluding diaryl/α,β-unsaturated/α-hetero) is 2. The number of nitrogens with zero attached hydrogens (tertiary/aromatic N) is 1. The number of alkyl halides is 3. The molecule has 10 heteroatoms. The number of rotatable bonds is 6. The summed E-state index contributed by atoms with van der Waals surface area (Å²) in [5.74, 6) is -3.18. The third-order valence-electron chi connectivity index (χ3n) is 5.12. The number of ether oxygens (including phenoxy) is 2. The van der Waals surface area contributed by atoms with E-state index >= 15 is 0 Å². The molecule has 2 unspecified atom stereocenters. The van der Waals surface area contributed by atoms with Crippen LogP contribution in [-0.2, 0) is 31.8 Å². The Kier molecular flexibility index (Phi) is 5.74. The maximum absolute atomic E-state index is 13.0. The molecule has 2 bridgehead atoms. The van der Waals surface area contributed by atoms with Crippen molar-refractivity contribution in [1.29, 1.82) is 0 Å². The first kappa shape index (κ1) is 21.0. The number of esters is 1. The minimum absolute atomic E-state index is 0.293. The van der Waals surface area contributed by atoms with E-state index in [1.165, 1.54) is 0 Å². The Bertz CT molecular complexity index is 892. The lowest BCUT2D eigenvalue weighted by molar-refractivity contribution is -0.147. The van der Waals surface area contributed by atoms with Crippen molar-refractivity contribution in [1.82, 2.24) is 4.98 Å². The summed E-state index contributed by atoms with van der Waals surface area (Å²) in [5, 5.41) is 10.4. The molecule has 2 atom stereocenters. The van der Waals surface area contributed by atoms with E-state index in [0.29, 0.717) is 25.3 Å². The maximum atomic E-state index is 13.0. The molecule has 1 aromatic heterocycles. The van der Waals surface area contributed by atoms with Gasteiger partial charge in [0.2, 0.25) is 5.78 Å². The SMILES string of the molecule is COC(=O)COCc1nc(C(F)(F)F)ccc1C(=O)C1=C(O)C2CCC(C2)C1=O. The van der Waals surface area contributed by atoms with Crippen LogP contribution in [0.2, 0.25) is 0 Å². The lowest BCUT2D eigenvalue weighted by Gasteiger charge is -2.21. The predicted octanol–water partition coefficient (Wildman–Crippen LogP) is 2.78. The van der Waals surface area contributed by atoms with Crippen molar-refractivity contribution in [3.05, 3.63) is 40.4 Å². The van der Waals surface area contributed by atoms with Gasteiger partial charge in [-0.15, -0.1) is 0 Å². The second-order valence-electron chi connectivity index (χ2n) is 6.92. The smallest absolute Gasteiger partial charge is 0.433 e. The Morgan fingerprint density at radius 2 is 1.93 bits per heavy atom. The molecule has 0 amide bonds. The van der Waals surface area contributed by atoms with Crippen LogP contribution < -0.4 is 0 Å². The average Bonchev–Trinajstić information content (AvgIpc) is 3.12. The van der Waals surface area contributed by atoms with Gasteiger partial charge in [-0.3, -0.25) is 9.59 Å². The van der Waals surface area contributed by atoms with Crippen molar-refractivity contribution in [3.8, 4) is 0 Å². The average molecular weight is 413 g/mol. The number of fused-ring (bicyclic) bond motifs is 2. The quantitative estimate of drug-likeness (QED) is 0.435. The Labute approximate surface area is 163 Å². The number of halogens is 3. The van der Waals surface area contributed by atoms with Crippen molar-refractivity contribution in [2.45, 2.75) is 32.0 Å². The second kappa shape index (κ2) is 7.94. The number of allylic oxidation sites excluding steroid dienone is 2. The molecule has 2 aliphatic carbocycles. The third kappa shape index (κ3) is 4.16. The highest BCUT2D eigenvalue weighted by Gasteiger charge is 2.44. The minimum Gasteiger partial charge on any atom is -0.511 e. The van der Waals surface area contributed by atoms with E-state index in [9.17, 15) is 32.7 Å². The number of ketones is 2. The van der Waals surface area contributed by atoms with Crippen LogP contribution in [0.25, 0.3) is 0 Å². The van der Waals surface area contributed by atoms with Crippen molar-refractivity contribution in [3.63, 3.8) is 0 Å². The number of aliphatic hydroxyl groups is 1. The molecule has 1 saturated carbocycles. The van der Waals surface area contributed by atoms with E-state index in [1.807, 2.05) is 0 Å². The van der Waals surface area contributed by atoms with Gasteiger partial charge in [-0.1, -0.05) is 0 Å². The van der Waals surface area contributed by atoms with E-state index in [1.54, 1.807) is 0 Å². The van der Waals surface area contributed by atoms with Crippen LogP contribution in [0.15, 0.2) is 23.5 Å². The number of hydrogen-bond acceptors (Lipinski definition) is 7. The van der Waals surface area contributed by atoms with Crippen LogP contribution in [0, 0.1) is 11.8 Å². The maximum Gasteiger partial charge on any atom is 0.433 e. The fraction of sp³-hybridized carbons (Fsp3) is 0.474. The normalized spacial score (nSPS) is 21.4. The zero-order chi connectivity index (χ0) is 21.3. The Balaban J connectivity index is 1.96. The van der Waals surface area contributed by atoms with E-state index < -0.39 is 48.2 Å². The molecule has 0 saturated heterocycles. The second-order valence-corrected chi connectivity index (χ2v) is 6.92. The van der Waals surface area contributed by atoms with Crippen LogP contribution in [0.3, 0.4) is 0 Å². The summed E-state index contributed by atoms with van der Waals surface area (Å²) < 4.78 is 48.5. The van der Waals surface area contributed by atoms with E-state index in [2.05, 4.69) is 9.72 Å². The molecule has 1 N–H and O–H groups in total. The Hall–Kier alpha value is -2.75. The van der Waals surface area contributed by atoms with Gasteiger partial charge in [0.1, 0.15) is 23.6 Å². The standard InChI is InChI=1S/C19H18F3NO6/c1-28-14(24)8-29-7-12-11(4-5-13(23-12)19(20,21)22)18(27)15-16(25)9-2-3-10(6-9)17(15)26/h4-5,9-10,25H,2-3,6-8H2,1H3. The lowest BCUT2D eigenvalue weighted by Crippen LogP contribution is -2.28. The highest BCUT2D eigenvalue weighted by atomic mass is 19.4. The van der Waals surface area contributed by atoms with Gasteiger partial charge in [-0.25, -0.2) is 9.78 Å². The number of aliphatic hydroxyl groups excluding tert-OH is 1. The Morgan fingerprint density at radius 1 is 1.24 bits per heavy atom. The van der Waals surface area contributed by atoms with Gasteiger partial charge in [0.05, 0.1) is 19.4 Å². The number of pyridine rings is 1. The summed E-state index contributed by atoms with van der Waals surface area (Å²) in [5.41, 5.74) is -2.34. The molecular formula is C19H18F3NO6. The fourth-order valence-corrected chi connectivity index (χ4v) is 3.63. The first-order valence-electron chi connectivity index (χ1n) is 8.87. The predicted molar refractivity (Wildman–Crippen MR) is 90.7 cm³/mol. The first-order valence-corrected chi connectivity index (χ1v) is 8.87. The first-order chi connectivity index (χ1) is 13.6. The van der Waals surface area contributed by atoms with Crippen LogP contribution in [0.4, 0.5) is 13.2 Å². The largest absolute Gasteiger partial charge is 0.511 e. The van der Waals surface area contributed by atoms with Gasteiger partial charge < -0.3 is 14.6 Å². The van der Waals surface area contributed by atoms with Crippen LogP contribution in [-0.4, -0.2) is 41.3 Å². The van der Waals surface area contributed by atoms with Crippen LogP contribution >= 0.6 is 0 Å². The van der Waals surface area contributed by atoms with Gasteiger partial charge in [-0.2, -0.15) is 13.2 Å². The van der Waals surface area contributed by atoms with Crippen LogP contribution in [0.5, 0.6) is 0 Å². The number of aromatic nitrogens is 1. The van der Waals surface area contributed by atoms with Gasteiger partial charge in [0.25, 0.3) is 0 Å². The number of methoxy groups -OCH3 is 1. The van der Waals surface area contributed by atoms with Gasteiger partial charge in [0.15, 0.2) is 5.78 Å². The van der Waals surface area contributed by atoms with Crippen molar-refractivity contribution < 1.29 is 42.1 Å². The molecule has 156 valence electrons. The van der Waals surface area contributed by atoms with Gasteiger partial charge in [0, 0.05) is 17.4 Å². The van der Waals surface area contributed by atoms with Crippen molar-refractivity contribution in [2.24, 2.45) is 11.8 Å². The molecule has 7 nitrogen and oxygen atoms in total. The number of carbonyl (C=O) groups is 3. The highest BCUT2D eigenvalue weighted by molar-refractivity contribution is 6.28. The molecule has 1 fully saturated rings. The molecule has 1 heterocycles. The molecule has 0 radical (unpaired) electrons. The van der Waals surface area contributed by atoms with E-state index in [4.69, 9.17) is 4.74 Å². The zero-order valence-corrected chi connectivity index (χ0v) is 15.4. The van der Waals surface area contributed by atoms with Crippen molar-refractivity contribution >= 4 is 17.5 Å². The minimum atomic E-state index is -4.76.